The lowest BCUT2D eigenvalue weighted by Crippen LogP contribution is -2.36. The molecule has 0 unspecified atom stereocenters. The Labute approximate surface area is 170 Å². The maximum absolute atomic E-state index is 12.2. The van der Waals surface area contributed by atoms with Crippen molar-refractivity contribution < 1.29 is 19.1 Å². The molecule has 0 aromatic heterocycles. The second kappa shape index (κ2) is 9.23. The van der Waals surface area contributed by atoms with Gasteiger partial charge < -0.3 is 20.3 Å². The molecule has 152 valence electrons. The Balaban J connectivity index is 1.53. The molecule has 0 saturated heterocycles. The fourth-order valence-electron chi connectivity index (χ4n) is 3.38. The van der Waals surface area contributed by atoms with E-state index in [1.807, 2.05) is 36.4 Å². The van der Waals surface area contributed by atoms with Gasteiger partial charge in [0.1, 0.15) is 5.75 Å². The Morgan fingerprint density at radius 3 is 2.52 bits per heavy atom. The molecule has 0 aliphatic carbocycles. The fourth-order valence-corrected chi connectivity index (χ4v) is 3.38. The molecule has 0 saturated carbocycles. The van der Waals surface area contributed by atoms with Crippen molar-refractivity contribution in [3.8, 4) is 5.75 Å². The van der Waals surface area contributed by atoms with Crippen LogP contribution in [0.3, 0.4) is 0 Å². The van der Waals surface area contributed by atoms with Crippen LogP contribution in [0, 0.1) is 0 Å². The van der Waals surface area contributed by atoms with Crippen molar-refractivity contribution in [2.45, 2.75) is 26.2 Å². The van der Waals surface area contributed by atoms with E-state index < -0.39 is 11.8 Å². The van der Waals surface area contributed by atoms with Crippen LogP contribution in [-0.2, 0) is 27.2 Å². The van der Waals surface area contributed by atoms with Crippen LogP contribution in [0.25, 0.3) is 0 Å². The van der Waals surface area contributed by atoms with Crippen molar-refractivity contribution in [3.05, 3.63) is 53.6 Å². The largest absolute Gasteiger partial charge is 0.497 e. The van der Waals surface area contributed by atoms with Crippen molar-refractivity contribution in [2.24, 2.45) is 0 Å². The number of nitrogens with zero attached hydrogens (tertiary/aromatic N) is 1. The normalized spacial score (nSPS) is 12.7. The quantitative estimate of drug-likeness (QED) is 0.761. The minimum atomic E-state index is -0.709. The number of methoxy groups -OCH3 is 1. The van der Waals surface area contributed by atoms with E-state index in [0.717, 1.165) is 35.4 Å². The van der Waals surface area contributed by atoms with Crippen molar-refractivity contribution >= 4 is 29.1 Å². The molecule has 3 amide bonds. The summed E-state index contributed by atoms with van der Waals surface area (Å²) in [5.74, 6) is -0.617. The summed E-state index contributed by atoms with van der Waals surface area (Å²) in [6.45, 7) is 2.60. The monoisotopic (exact) mass is 395 g/mol. The lowest BCUT2D eigenvalue weighted by atomic mass is 10.0. The third-order valence-electron chi connectivity index (χ3n) is 4.90. The van der Waals surface area contributed by atoms with Gasteiger partial charge in [-0.05, 0) is 60.7 Å². The summed E-state index contributed by atoms with van der Waals surface area (Å²) in [4.78, 5) is 37.7. The van der Waals surface area contributed by atoms with Crippen molar-refractivity contribution in [2.75, 3.05) is 30.4 Å². The molecule has 1 heterocycles. The second-order valence-corrected chi connectivity index (χ2v) is 6.93. The smallest absolute Gasteiger partial charge is 0.313 e. The van der Waals surface area contributed by atoms with Gasteiger partial charge in [-0.2, -0.15) is 0 Å². The topological polar surface area (TPSA) is 87.7 Å². The molecule has 0 bridgehead atoms. The number of aryl methyl sites for hydroxylation is 1. The molecule has 1 aliphatic rings. The van der Waals surface area contributed by atoms with Crippen LogP contribution in [0.1, 0.15) is 24.5 Å². The number of benzene rings is 2. The van der Waals surface area contributed by atoms with Crippen molar-refractivity contribution in [1.29, 1.82) is 0 Å². The Morgan fingerprint density at radius 1 is 1.07 bits per heavy atom. The predicted octanol–water partition coefficient (Wildman–Crippen LogP) is 2.29. The minimum absolute atomic E-state index is 0.000951. The number of hydrogen-bond donors (Lipinski definition) is 2. The first-order chi connectivity index (χ1) is 14.0. The molecule has 0 atom stereocenters. The van der Waals surface area contributed by atoms with E-state index in [4.69, 9.17) is 4.74 Å². The molecule has 2 aromatic carbocycles. The molecular weight excluding hydrogens is 370 g/mol. The van der Waals surface area contributed by atoms with Gasteiger partial charge in [0.15, 0.2) is 0 Å². The third-order valence-corrected chi connectivity index (χ3v) is 4.90. The first-order valence-electron chi connectivity index (χ1n) is 9.61. The zero-order valence-electron chi connectivity index (χ0n) is 16.7. The molecule has 29 heavy (non-hydrogen) atoms. The fraction of sp³-hybridized carbons (Fsp3) is 0.318. The highest BCUT2D eigenvalue weighted by atomic mass is 16.5. The number of carbonyl (C=O) groups excluding carboxylic acids is 3. The van der Waals surface area contributed by atoms with Crippen LogP contribution in [0.15, 0.2) is 42.5 Å². The minimum Gasteiger partial charge on any atom is -0.497 e. The van der Waals surface area contributed by atoms with E-state index in [2.05, 4.69) is 10.6 Å². The number of nitrogens with one attached hydrogen (secondary N) is 2. The van der Waals surface area contributed by atoms with Crippen LogP contribution >= 0.6 is 0 Å². The van der Waals surface area contributed by atoms with Crippen LogP contribution in [-0.4, -0.2) is 37.9 Å². The number of fused-ring (bicyclic) bond motifs is 1. The SMILES string of the molecule is COc1ccc(CCNC(=O)C(=O)Nc2ccc3c(c2)CCCN3C(C)=O)cc1. The van der Waals surface area contributed by atoms with Crippen LogP contribution in [0.4, 0.5) is 11.4 Å². The Bertz CT molecular complexity index is 909. The summed E-state index contributed by atoms with van der Waals surface area (Å²) in [6, 6.07) is 12.9. The third kappa shape index (κ3) is 5.13. The number of anilines is 2. The van der Waals surface area contributed by atoms with Gasteiger partial charge in [0.25, 0.3) is 0 Å². The molecule has 1 aliphatic heterocycles. The molecular formula is C22H25N3O4. The molecule has 0 fully saturated rings. The Morgan fingerprint density at radius 2 is 1.83 bits per heavy atom. The van der Waals surface area contributed by atoms with Crippen molar-refractivity contribution in [1.82, 2.24) is 5.32 Å². The van der Waals surface area contributed by atoms with Gasteiger partial charge in [-0.3, -0.25) is 14.4 Å². The molecule has 0 spiro atoms. The molecule has 2 N–H and O–H groups in total. The van der Waals surface area contributed by atoms with Crippen molar-refractivity contribution in [3.63, 3.8) is 0 Å². The Hall–Kier alpha value is -3.35. The molecule has 2 aromatic rings. The van der Waals surface area contributed by atoms with Gasteiger partial charge in [-0.15, -0.1) is 0 Å². The maximum atomic E-state index is 12.2. The van der Waals surface area contributed by atoms with Gasteiger partial charge in [0.2, 0.25) is 5.91 Å². The Kier molecular flexibility index (Phi) is 6.49. The summed E-state index contributed by atoms with van der Waals surface area (Å²) < 4.78 is 5.11. The molecule has 7 heteroatoms. The van der Waals surface area contributed by atoms with Gasteiger partial charge >= 0.3 is 11.8 Å². The molecule has 3 rings (SSSR count). The van der Waals surface area contributed by atoms with Gasteiger partial charge in [0.05, 0.1) is 7.11 Å². The summed E-state index contributed by atoms with van der Waals surface area (Å²) >= 11 is 0. The van der Waals surface area contributed by atoms with E-state index in [0.29, 0.717) is 25.2 Å². The summed E-state index contributed by atoms with van der Waals surface area (Å²) in [7, 11) is 1.61. The van der Waals surface area contributed by atoms with Crippen LogP contribution in [0.2, 0.25) is 0 Å². The van der Waals surface area contributed by atoms with E-state index in [9.17, 15) is 14.4 Å². The number of hydrogen-bond acceptors (Lipinski definition) is 4. The first-order valence-corrected chi connectivity index (χ1v) is 9.61. The summed E-state index contributed by atoms with van der Waals surface area (Å²) in [6.07, 6.45) is 2.31. The molecule has 7 nitrogen and oxygen atoms in total. The van der Waals surface area contributed by atoms with E-state index in [1.54, 1.807) is 25.0 Å². The second-order valence-electron chi connectivity index (χ2n) is 6.93. The van der Waals surface area contributed by atoms with Gasteiger partial charge in [-0.1, -0.05) is 12.1 Å². The van der Waals surface area contributed by atoms with E-state index in [1.165, 1.54) is 0 Å². The van der Waals surface area contributed by atoms with E-state index >= 15 is 0 Å². The molecule has 0 radical (unpaired) electrons. The number of ether oxygens (including phenoxy) is 1. The predicted molar refractivity (Wildman–Crippen MR) is 111 cm³/mol. The maximum Gasteiger partial charge on any atom is 0.313 e. The first kappa shape index (κ1) is 20.4. The zero-order valence-corrected chi connectivity index (χ0v) is 16.7. The number of amides is 3. The highest BCUT2D eigenvalue weighted by Gasteiger charge is 2.21. The van der Waals surface area contributed by atoms with Crippen LogP contribution < -0.4 is 20.3 Å². The van der Waals surface area contributed by atoms with Gasteiger partial charge in [-0.25, -0.2) is 0 Å². The number of rotatable bonds is 5. The average molecular weight is 395 g/mol. The highest BCUT2D eigenvalue weighted by Crippen LogP contribution is 2.29. The highest BCUT2D eigenvalue weighted by molar-refractivity contribution is 6.39. The summed E-state index contributed by atoms with van der Waals surface area (Å²) in [5, 5.41) is 5.26. The standard InChI is InChI=1S/C22H25N3O4/c1-15(26)25-13-3-4-17-14-18(7-10-20(17)25)24-22(28)21(27)23-12-11-16-5-8-19(29-2)9-6-16/h5-10,14H,3-4,11-13H2,1-2H3,(H,23,27)(H,24,28). The lowest BCUT2D eigenvalue weighted by Gasteiger charge is -2.28. The zero-order chi connectivity index (χ0) is 20.8. The van der Waals surface area contributed by atoms with Crippen LogP contribution in [0.5, 0.6) is 5.75 Å². The number of carbonyl (C=O) groups is 3. The average Bonchev–Trinajstić information content (AvgIpc) is 2.73. The lowest BCUT2D eigenvalue weighted by molar-refractivity contribution is -0.136. The van der Waals surface area contributed by atoms with E-state index in [-0.39, 0.29) is 5.91 Å². The summed E-state index contributed by atoms with van der Waals surface area (Å²) in [5.41, 5.74) is 3.44. The van der Waals surface area contributed by atoms with Gasteiger partial charge in [0, 0.05) is 31.4 Å².